The fourth-order valence-corrected chi connectivity index (χ4v) is 2.69. The largest absolute Gasteiger partial charge is 0.356 e. The second-order valence-corrected chi connectivity index (χ2v) is 5.45. The summed E-state index contributed by atoms with van der Waals surface area (Å²) in [6.07, 6.45) is 1.67. The van der Waals surface area contributed by atoms with Gasteiger partial charge >= 0.3 is 0 Å². The number of anilines is 2. The molecule has 0 atom stereocenters. The summed E-state index contributed by atoms with van der Waals surface area (Å²) in [5.74, 6) is 1.35. The molecule has 128 valence electrons. The maximum Gasteiger partial charge on any atom is 0.227 e. The molecule has 5 heteroatoms. The first-order chi connectivity index (χ1) is 11.7. The zero-order valence-corrected chi connectivity index (χ0v) is 15.0. The molecule has 1 aromatic heterocycles. The van der Waals surface area contributed by atoms with E-state index < -0.39 is 0 Å². The van der Waals surface area contributed by atoms with Crippen LogP contribution in [0, 0.1) is 0 Å². The van der Waals surface area contributed by atoms with Crippen molar-refractivity contribution >= 4 is 17.5 Å². The summed E-state index contributed by atoms with van der Waals surface area (Å²) in [5.41, 5.74) is 1.21. The lowest BCUT2D eigenvalue weighted by atomic mass is 10.0. The Morgan fingerprint density at radius 1 is 0.917 bits per heavy atom. The van der Waals surface area contributed by atoms with Gasteiger partial charge in [-0.25, -0.2) is 4.98 Å². The molecule has 2 aromatic rings. The van der Waals surface area contributed by atoms with Gasteiger partial charge in [0.1, 0.15) is 5.82 Å². The van der Waals surface area contributed by atoms with Crippen molar-refractivity contribution in [2.75, 3.05) is 36.0 Å². The molecule has 5 nitrogen and oxygen atoms in total. The van der Waals surface area contributed by atoms with E-state index in [-0.39, 0.29) is 5.78 Å². The van der Waals surface area contributed by atoms with Crippen LogP contribution in [0.15, 0.2) is 36.5 Å². The summed E-state index contributed by atoms with van der Waals surface area (Å²) in [5, 5.41) is 0. The molecule has 0 aliphatic rings. The monoisotopic (exact) mass is 326 g/mol. The highest BCUT2D eigenvalue weighted by molar-refractivity contribution is 6.11. The number of carbonyl (C=O) groups excluding carboxylic acids is 1. The average Bonchev–Trinajstić information content (AvgIpc) is 2.64. The smallest absolute Gasteiger partial charge is 0.227 e. The summed E-state index contributed by atoms with van der Waals surface area (Å²) < 4.78 is 0. The lowest BCUT2D eigenvalue weighted by Gasteiger charge is -2.25. The van der Waals surface area contributed by atoms with Crippen LogP contribution < -0.4 is 9.80 Å². The fraction of sp³-hybridized carbons (Fsp3) is 0.421. The first-order valence-corrected chi connectivity index (χ1v) is 8.62. The Kier molecular flexibility index (Phi) is 6.29. The van der Waals surface area contributed by atoms with Crippen molar-refractivity contribution < 1.29 is 4.79 Å². The fourth-order valence-electron chi connectivity index (χ4n) is 2.69. The van der Waals surface area contributed by atoms with Crippen LogP contribution in [0.25, 0.3) is 0 Å². The van der Waals surface area contributed by atoms with Gasteiger partial charge in [0.15, 0.2) is 5.78 Å². The molecule has 0 unspecified atom stereocenters. The van der Waals surface area contributed by atoms with Crippen molar-refractivity contribution in [3.63, 3.8) is 0 Å². The zero-order chi connectivity index (χ0) is 17.5. The Balaban J connectivity index is 2.52. The summed E-state index contributed by atoms with van der Waals surface area (Å²) in [6.45, 7) is 11.5. The van der Waals surface area contributed by atoms with Gasteiger partial charge in [0.05, 0.1) is 5.56 Å². The van der Waals surface area contributed by atoms with Crippen LogP contribution in [-0.4, -0.2) is 41.9 Å². The van der Waals surface area contributed by atoms with Crippen LogP contribution in [0.2, 0.25) is 0 Å². The van der Waals surface area contributed by atoms with Gasteiger partial charge in [-0.05, 0) is 27.7 Å². The summed E-state index contributed by atoms with van der Waals surface area (Å²) in [6, 6.07) is 9.30. The van der Waals surface area contributed by atoms with E-state index in [2.05, 4.69) is 42.5 Å². The highest BCUT2D eigenvalue weighted by atomic mass is 16.1. The van der Waals surface area contributed by atoms with Crippen LogP contribution in [0.3, 0.4) is 0 Å². The SMILES string of the molecule is CCN(CC)c1ncc(C(=O)c2ccccc2)c(N(CC)CC)n1. The van der Waals surface area contributed by atoms with Crippen molar-refractivity contribution in [2.24, 2.45) is 0 Å². The molecule has 1 aromatic carbocycles. The topological polar surface area (TPSA) is 49.3 Å². The Morgan fingerprint density at radius 2 is 1.50 bits per heavy atom. The maximum absolute atomic E-state index is 12.9. The second-order valence-electron chi connectivity index (χ2n) is 5.45. The number of aromatic nitrogens is 2. The maximum atomic E-state index is 12.9. The summed E-state index contributed by atoms with van der Waals surface area (Å²) in [7, 11) is 0. The van der Waals surface area contributed by atoms with Gasteiger partial charge in [-0.2, -0.15) is 4.98 Å². The Morgan fingerprint density at radius 3 is 2.04 bits per heavy atom. The predicted molar refractivity (Wildman–Crippen MR) is 99.0 cm³/mol. The van der Waals surface area contributed by atoms with Gasteiger partial charge in [0, 0.05) is 37.9 Å². The molecule has 0 radical (unpaired) electrons. The van der Waals surface area contributed by atoms with Gasteiger partial charge in [0.2, 0.25) is 5.95 Å². The van der Waals surface area contributed by atoms with Crippen molar-refractivity contribution in [1.29, 1.82) is 0 Å². The van der Waals surface area contributed by atoms with Crippen LogP contribution in [0.4, 0.5) is 11.8 Å². The van der Waals surface area contributed by atoms with E-state index in [1.807, 2.05) is 30.3 Å². The predicted octanol–water partition coefficient (Wildman–Crippen LogP) is 3.40. The number of hydrogen-bond donors (Lipinski definition) is 0. The molecule has 1 heterocycles. The zero-order valence-electron chi connectivity index (χ0n) is 15.0. The van der Waals surface area contributed by atoms with E-state index in [1.165, 1.54) is 0 Å². The molecule has 0 fully saturated rings. The molecule has 0 saturated heterocycles. The molecule has 0 aliphatic carbocycles. The lowest BCUT2D eigenvalue weighted by molar-refractivity contribution is 0.103. The molecule has 0 spiro atoms. The quantitative estimate of drug-likeness (QED) is 0.696. The minimum absolute atomic E-state index is 0.0383. The standard InChI is InChI=1S/C19H26N4O/c1-5-22(6-2)18-16(17(24)15-12-10-9-11-13-15)14-20-19(21-18)23(7-3)8-4/h9-14H,5-8H2,1-4H3. The molecular weight excluding hydrogens is 300 g/mol. The highest BCUT2D eigenvalue weighted by Crippen LogP contribution is 2.23. The van der Waals surface area contributed by atoms with Crippen molar-refractivity contribution in [3.05, 3.63) is 47.7 Å². The highest BCUT2D eigenvalue weighted by Gasteiger charge is 2.20. The van der Waals surface area contributed by atoms with Gasteiger partial charge in [-0.1, -0.05) is 30.3 Å². The molecule has 0 N–H and O–H groups in total. The molecule has 2 rings (SSSR count). The molecule has 0 bridgehead atoms. The Hall–Kier alpha value is -2.43. The lowest BCUT2D eigenvalue weighted by Crippen LogP contribution is -2.29. The first-order valence-electron chi connectivity index (χ1n) is 8.62. The number of hydrogen-bond acceptors (Lipinski definition) is 5. The number of ketones is 1. The third kappa shape index (κ3) is 3.72. The van der Waals surface area contributed by atoms with Crippen LogP contribution in [0.1, 0.15) is 43.6 Å². The number of rotatable bonds is 8. The number of benzene rings is 1. The molecular formula is C19H26N4O. The van der Waals surface area contributed by atoms with Crippen LogP contribution in [-0.2, 0) is 0 Å². The summed E-state index contributed by atoms with van der Waals surface area (Å²) in [4.78, 5) is 26.3. The second kappa shape index (κ2) is 8.43. The Labute approximate surface area is 144 Å². The van der Waals surface area contributed by atoms with Crippen LogP contribution >= 0.6 is 0 Å². The van der Waals surface area contributed by atoms with E-state index in [4.69, 9.17) is 4.98 Å². The third-order valence-electron chi connectivity index (χ3n) is 4.15. The van der Waals surface area contributed by atoms with Gasteiger partial charge < -0.3 is 9.80 Å². The number of carbonyl (C=O) groups is 1. The van der Waals surface area contributed by atoms with Crippen molar-refractivity contribution in [1.82, 2.24) is 9.97 Å². The molecule has 0 saturated carbocycles. The van der Waals surface area contributed by atoms with Crippen molar-refractivity contribution in [3.8, 4) is 0 Å². The van der Waals surface area contributed by atoms with E-state index in [0.717, 1.165) is 26.2 Å². The van der Waals surface area contributed by atoms with Gasteiger partial charge in [-0.15, -0.1) is 0 Å². The minimum atomic E-state index is -0.0383. The Bertz CT molecular complexity index is 664. The van der Waals surface area contributed by atoms with Crippen molar-refractivity contribution in [2.45, 2.75) is 27.7 Å². The van der Waals surface area contributed by atoms with E-state index >= 15 is 0 Å². The van der Waals surface area contributed by atoms with Gasteiger partial charge in [0.25, 0.3) is 0 Å². The van der Waals surface area contributed by atoms with Gasteiger partial charge in [-0.3, -0.25) is 4.79 Å². The van der Waals surface area contributed by atoms with E-state index in [0.29, 0.717) is 22.9 Å². The van der Waals surface area contributed by atoms with Crippen LogP contribution in [0.5, 0.6) is 0 Å². The third-order valence-corrected chi connectivity index (χ3v) is 4.15. The normalized spacial score (nSPS) is 10.5. The first kappa shape index (κ1) is 17.9. The molecule has 24 heavy (non-hydrogen) atoms. The average molecular weight is 326 g/mol. The molecule has 0 amide bonds. The minimum Gasteiger partial charge on any atom is -0.356 e. The number of nitrogens with zero attached hydrogens (tertiary/aromatic N) is 4. The molecule has 0 aliphatic heterocycles. The summed E-state index contributed by atoms with van der Waals surface area (Å²) >= 11 is 0. The van der Waals surface area contributed by atoms with E-state index in [1.54, 1.807) is 6.20 Å². The van der Waals surface area contributed by atoms with E-state index in [9.17, 15) is 4.79 Å².